The predicted molar refractivity (Wildman–Crippen MR) is 73.5 cm³/mol. The normalized spacial score (nSPS) is 10.6. The lowest BCUT2D eigenvalue weighted by atomic mass is 10.3. The van der Waals surface area contributed by atoms with E-state index in [0.29, 0.717) is 18.1 Å². The minimum Gasteiger partial charge on any atom is -0.404 e. The quantitative estimate of drug-likeness (QED) is 0.541. The van der Waals surface area contributed by atoms with Gasteiger partial charge in [-0.3, -0.25) is 10.1 Å². The predicted octanol–water partition coefficient (Wildman–Crippen LogP) is 2.65. The second-order valence-electron chi connectivity index (χ2n) is 4.43. The van der Waals surface area contributed by atoms with E-state index in [1.807, 2.05) is 28.8 Å². The van der Waals surface area contributed by atoms with Crippen molar-refractivity contribution in [3.8, 4) is 6.07 Å². The SMILES string of the molecule is N#CCc1nc2ccccc2n1Cc1ccc([N+](=O)[O-])o1. The van der Waals surface area contributed by atoms with Crippen molar-refractivity contribution in [1.82, 2.24) is 9.55 Å². The van der Waals surface area contributed by atoms with E-state index in [0.717, 1.165) is 11.0 Å². The zero-order valence-electron chi connectivity index (χ0n) is 10.9. The molecule has 0 unspecified atom stereocenters. The number of benzene rings is 1. The van der Waals surface area contributed by atoms with Gasteiger partial charge in [-0.2, -0.15) is 5.26 Å². The third-order valence-corrected chi connectivity index (χ3v) is 3.11. The van der Waals surface area contributed by atoms with Crippen LogP contribution in [-0.4, -0.2) is 14.5 Å². The number of aromatic nitrogens is 2. The summed E-state index contributed by atoms with van der Waals surface area (Å²) < 4.78 is 7.00. The molecule has 3 aromatic rings. The molecule has 0 N–H and O–H groups in total. The first-order chi connectivity index (χ1) is 10.2. The number of furan rings is 1. The van der Waals surface area contributed by atoms with E-state index in [1.165, 1.54) is 6.07 Å². The molecule has 0 atom stereocenters. The van der Waals surface area contributed by atoms with Gasteiger partial charge in [-0.15, -0.1) is 0 Å². The number of hydrogen-bond donors (Lipinski definition) is 0. The highest BCUT2D eigenvalue weighted by atomic mass is 16.6. The summed E-state index contributed by atoms with van der Waals surface area (Å²) in [6, 6.07) is 12.4. The summed E-state index contributed by atoms with van der Waals surface area (Å²) in [6.45, 7) is 0.297. The van der Waals surface area contributed by atoms with Crippen LogP contribution in [0.1, 0.15) is 11.6 Å². The Morgan fingerprint density at radius 3 is 2.86 bits per heavy atom. The van der Waals surface area contributed by atoms with Gasteiger partial charge in [0.15, 0.2) is 0 Å². The van der Waals surface area contributed by atoms with E-state index in [9.17, 15) is 10.1 Å². The van der Waals surface area contributed by atoms with Crippen LogP contribution in [0.25, 0.3) is 11.0 Å². The number of imidazole rings is 1. The average molecular weight is 282 g/mol. The minimum atomic E-state index is -0.578. The first kappa shape index (κ1) is 12.9. The van der Waals surface area contributed by atoms with Crippen LogP contribution >= 0.6 is 0 Å². The van der Waals surface area contributed by atoms with Crippen molar-refractivity contribution in [3.05, 3.63) is 58.1 Å². The molecule has 0 bridgehead atoms. The summed E-state index contributed by atoms with van der Waals surface area (Å²) in [7, 11) is 0. The molecule has 1 aromatic carbocycles. The van der Waals surface area contributed by atoms with E-state index in [2.05, 4.69) is 11.1 Å². The van der Waals surface area contributed by atoms with Crippen molar-refractivity contribution in [2.45, 2.75) is 13.0 Å². The Labute approximate surface area is 119 Å². The lowest BCUT2D eigenvalue weighted by Gasteiger charge is -2.04. The molecule has 3 rings (SSSR count). The fourth-order valence-corrected chi connectivity index (χ4v) is 2.21. The highest BCUT2D eigenvalue weighted by molar-refractivity contribution is 5.76. The summed E-state index contributed by atoms with van der Waals surface area (Å²) in [4.78, 5) is 14.5. The van der Waals surface area contributed by atoms with E-state index in [4.69, 9.17) is 9.68 Å². The molecule has 0 aliphatic carbocycles. The summed E-state index contributed by atoms with van der Waals surface area (Å²) in [6.07, 6.45) is 0.164. The second kappa shape index (κ2) is 5.09. The molecule has 2 heterocycles. The van der Waals surface area contributed by atoms with Crippen LogP contribution in [0.5, 0.6) is 0 Å². The van der Waals surface area contributed by atoms with Crippen LogP contribution < -0.4 is 0 Å². The van der Waals surface area contributed by atoms with Gasteiger partial charge in [-0.05, 0) is 18.2 Å². The van der Waals surface area contributed by atoms with Crippen LogP contribution in [0.2, 0.25) is 0 Å². The Balaban J connectivity index is 2.03. The molecule has 7 heteroatoms. The van der Waals surface area contributed by atoms with Crippen molar-refractivity contribution >= 4 is 16.9 Å². The number of nitriles is 1. The van der Waals surface area contributed by atoms with Gasteiger partial charge in [0.05, 0.1) is 36.1 Å². The summed E-state index contributed by atoms with van der Waals surface area (Å²) in [5.74, 6) is 0.762. The number of rotatable bonds is 4. The molecule has 7 nitrogen and oxygen atoms in total. The molecule has 2 aromatic heterocycles. The summed E-state index contributed by atoms with van der Waals surface area (Å²) in [5, 5.41) is 19.5. The van der Waals surface area contributed by atoms with Gasteiger partial charge in [-0.1, -0.05) is 12.1 Å². The maximum Gasteiger partial charge on any atom is 0.433 e. The van der Waals surface area contributed by atoms with Crippen molar-refractivity contribution in [2.24, 2.45) is 0 Å². The molecule has 21 heavy (non-hydrogen) atoms. The van der Waals surface area contributed by atoms with Crippen molar-refractivity contribution in [1.29, 1.82) is 5.26 Å². The van der Waals surface area contributed by atoms with Gasteiger partial charge in [0.1, 0.15) is 16.5 Å². The molecular formula is C14H10N4O3. The van der Waals surface area contributed by atoms with Crippen LogP contribution in [0, 0.1) is 21.4 Å². The number of nitrogens with zero attached hydrogens (tertiary/aromatic N) is 4. The standard InChI is InChI=1S/C14H10N4O3/c15-8-7-13-16-11-3-1-2-4-12(11)17(13)9-10-5-6-14(21-10)18(19)20/h1-6H,7,9H2. The Bertz CT molecular complexity index is 857. The average Bonchev–Trinajstić information content (AvgIpc) is 3.06. The number of nitro groups is 1. The zero-order chi connectivity index (χ0) is 14.8. The lowest BCUT2D eigenvalue weighted by molar-refractivity contribution is -0.402. The third-order valence-electron chi connectivity index (χ3n) is 3.11. The number of hydrogen-bond acceptors (Lipinski definition) is 5. The molecule has 104 valence electrons. The van der Waals surface area contributed by atoms with Gasteiger partial charge in [0, 0.05) is 0 Å². The Morgan fingerprint density at radius 2 is 2.14 bits per heavy atom. The first-order valence-corrected chi connectivity index (χ1v) is 6.23. The van der Waals surface area contributed by atoms with Crippen LogP contribution in [0.15, 0.2) is 40.8 Å². The number of fused-ring (bicyclic) bond motifs is 1. The van der Waals surface area contributed by atoms with Crippen molar-refractivity contribution in [2.75, 3.05) is 0 Å². The van der Waals surface area contributed by atoms with Crippen molar-refractivity contribution < 1.29 is 9.34 Å². The van der Waals surface area contributed by atoms with Crippen molar-refractivity contribution in [3.63, 3.8) is 0 Å². The van der Waals surface area contributed by atoms with Gasteiger partial charge < -0.3 is 8.98 Å². The first-order valence-electron chi connectivity index (χ1n) is 6.23. The fourth-order valence-electron chi connectivity index (χ4n) is 2.21. The van der Waals surface area contributed by atoms with Gasteiger partial charge in [0.25, 0.3) is 0 Å². The summed E-state index contributed by atoms with van der Waals surface area (Å²) in [5.41, 5.74) is 1.64. The van der Waals surface area contributed by atoms with Crippen LogP contribution in [0.3, 0.4) is 0 Å². The summed E-state index contributed by atoms with van der Waals surface area (Å²) >= 11 is 0. The molecule has 0 saturated heterocycles. The van der Waals surface area contributed by atoms with Gasteiger partial charge >= 0.3 is 5.88 Å². The topological polar surface area (TPSA) is 97.9 Å². The molecule has 0 spiro atoms. The van der Waals surface area contributed by atoms with E-state index in [-0.39, 0.29) is 12.3 Å². The zero-order valence-corrected chi connectivity index (χ0v) is 10.9. The van der Waals surface area contributed by atoms with Gasteiger partial charge in [0.2, 0.25) is 0 Å². The maximum atomic E-state index is 10.6. The lowest BCUT2D eigenvalue weighted by Crippen LogP contribution is -2.04. The fraction of sp³-hybridized carbons (Fsp3) is 0.143. The monoisotopic (exact) mass is 282 g/mol. The molecular weight excluding hydrogens is 272 g/mol. The Kier molecular flexibility index (Phi) is 3.12. The third kappa shape index (κ3) is 2.34. The Hall–Kier alpha value is -3.14. The molecule has 0 aliphatic heterocycles. The number of para-hydroxylation sites is 2. The highest BCUT2D eigenvalue weighted by Crippen LogP contribution is 2.21. The molecule has 0 radical (unpaired) electrons. The minimum absolute atomic E-state index is 0.164. The Morgan fingerprint density at radius 1 is 1.33 bits per heavy atom. The van der Waals surface area contributed by atoms with Crippen LogP contribution in [0.4, 0.5) is 5.88 Å². The van der Waals surface area contributed by atoms with E-state index >= 15 is 0 Å². The molecule has 0 fully saturated rings. The largest absolute Gasteiger partial charge is 0.433 e. The molecule has 0 aliphatic rings. The van der Waals surface area contributed by atoms with Crippen LogP contribution in [-0.2, 0) is 13.0 Å². The van der Waals surface area contributed by atoms with E-state index < -0.39 is 4.92 Å². The second-order valence-corrected chi connectivity index (χ2v) is 4.43. The molecule has 0 amide bonds. The maximum absolute atomic E-state index is 10.6. The van der Waals surface area contributed by atoms with E-state index in [1.54, 1.807) is 6.07 Å². The highest BCUT2D eigenvalue weighted by Gasteiger charge is 2.15. The molecule has 0 saturated carbocycles. The smallest absolute Gasteiger partial charge is 0.404 e. The van der Waals surface area contributed by atoms with Gasteiger partial charge in [-0.25, -0.2) is 4.98 Å².